The lowest BCUT2D eigenvalue weighted by atomic mass is 9.97. The molecule has 1 fully saturated rings. The number of pyridine rings is 1. The molecule has 1 aromatic heterocycles. The minimum absolute atomic E-state index is 0.0216. The van der Waals surface area contributed by atoms with Crippen molar-refractivity contribution in [1.29, 1.82) is 0 Å². The summed E-state index contributed by atoms with van der Waals surface area (Å²) in [5, 5.41) is 0. The average molecular weight is 403 g/mol. The van der Waals surface area contributed by atoms with Gasteiger partial charge in [-0.15, -0.1) is 0 Å². The van der Waals surface area contributed by atoms with Crippen LogP contribution in [0.1, 0.15) is 16.8 Å². The molecule has 2 N–H and O–H groups in total. The predicted molar refractivity (Wildman–Crippen MR) is 101 cm³/mol. The molecule has 2 heterocycles. The number of amides is 2. The highest BCUT2D eigenvalue weighted by molar-refractivity contribution is 5.94. The summed E-state index contributed by atoms with van der Waals surface area (Å²) in [6, 6.07) is 8.70. The fourth-order valence-electron chi connectivity index (χ4n) is 3.14. The summed E-state index contributed by atoms with van der Waals surface area (Å²) in [4.78, 5) is 30.2. The second-order valence-corrected chi connectivity index (χ2v) is 6.73. The lowest BCUT2D eigenvalue weighted by Crippen LogP contribution is -2.58. The largest absolute Gasteiger partial charge is 0.490 e. The minimum atomic E-state index is -1.10. The smallest absolute Gasteiger partial charge is 0.255 e. The summed E-state index contributed by atoms with van der Waals surface area (Å²) in [5.74, 6) is -0.392. The van der Waals surface area contributed by atoms with Gasteiger partial charge >= 0.3 is 0 Å². The van der Waals surface area contributed by atoms with E-state index in [1.165, 1.54) is 37.6 Å². The van der Waals surface area contributed by atoms with Gasteiger partial charge in [0.2, 0.25) is 11.8 Å². The third-order valence-electron chi connectivity index (χ3n) is 4.54. The van der Waals surface area contributed by atoms with E-state index in [2.05, 4.69) is 4.98 Å². The molecule has 3 rings (SSSR count). The zero-order chi connectivity index (χ0) is 20.9. The van der Waals surface area contributed by atoms with Crippen molar-refractivity contribution in [2.45, 2.75) is 12.0 Å². The van der Waals surface area contributed by atoms with Gasteiger partial charge in [-0.3, -0.25) is 9.59 Å². The van der Waals surface area contributed by atoms with Crippen LogP contribution in [0.2, 0.25) is 0 Å². The molecule has 2 amide bonds. The number of nitrogens with two attached hydrogens (primary N) is 1. The number of aromatic nitrogens is 1. The maximum Gasteiger partial charge on any atom is 0.255 e. The van der Waals surface area contributed by atoms with Gasteiger partial charge in [0.15, 0.2) is 0 Å². The van der Waals surface area contributed by atoms with Gasteiger partial charge in [-0.2, -0.15) is 0 Å². The Labute approximate surface area is 167 Å². The molecule has 0 saturated carbocycles. The highest BCUT2D eigenvalue weighted by Gasteiger charge is 2.41. The second-order valence-electron chi connectivity index (χ2n) is 6.73. The quantitative estimate of drug-likeness (QED) is 0.749. The molecule has 1 aliphatic rings. The number of hydrogen-bond acceptors (Lipinski definition) is 6. The molecule has 0 bridgehead atoms. The number of hydrogen-bond donors (Lipinski definition) is 1. The summed E-state index contributed by atoms with van der Waals surface area (Å²) < 4.78 is 29.6. The Morgan fingerprint density at radius 2 is 2.03 bits per heavy atom. The van der Waals surface area contributed by atoms with E-state index in [1.54, 1.807) is 17.0 Å². The van der Waals surface area contributed by atoms with Gasteiger partial charge in [-0.25, -0.2) is 9.37 Å². The Balaban J connectivity index is 1.74. The van der Waals surface area contributed by atoms with Gasteiger partial charge in [0.1, 0.15) is 23.8 Å². The molecule has 9 heteroatoms. The Morgan fingerprint density at radius 1 is 1.28 bits per heavy atom. The lowest BCUT2D eigenvalue weighted by molar-refractivity contribution is -0.142. The molecule has 1 atom stereocenters. The Kier molecular flexibility index (Phi) is 6.28. The molecule has 29 heavy (non-hydrogen) atoms. The molecule has 1 aromatic carbocycles. The molecule has 1 aliphatic heterocycles. The van der Waals surface area contributed by atoms with Crippen LogP contribution in [0.5, 0.6) is 11.6 Å². The monoisotopic (exact) mass is 403 g/mol. The first kappa shape index (κ1) is 20.5. The van der Waals surface area contributed by atoms with Crippen LogP contribution in [-0.2, 0) is 9.53 Å². The normalized spacial score (nSPS) is 18.9. The number of benzene rings is 1. The molecule has 0 radical (unpaired) electrons. The van der Waals surface area contributed by atoms with Crippen molar-refractivity contribution >= 4 is 11.8 Å². The lowest BCUT2D eigenvalue weighted by Gasteiger charge is -2.41. The molecule has 0 spiro atoms. The SMILES string of the molecule is COc1ccc(C(=O)N2CCO[C@@](COc3ccc(F)cc3)(CC(N)=O)C2)cn1. The molecule has 2 aromatic rings. The summed E-state index contributed by atoms with van der Waals surface area (Å²) in [7, 11) is 1.49. The molecule has 0 aliphatic carbocycles. The van der Waals surface area contributed by atoms with Gasteiger partial charge in [0.25, 0.3) is 5.91 Å². The van der Waals surface area contributed by atoms with E-state index >= 15 is 0 Å². The summed E-state index contributed by atoms with van der Waals surface area (Å²) in [6.45, 7) is 0.658. The number of rotatable bonds is 7. The third-order valence-corrected chi connectivity index (χ3v) is 4.54. The van der Waals surface area contributed by atoms with Gasteiger partial charge < -0.3 is 24.8 Å². The van der Waals surface area contributed by atoms with E-state index < -0.39 is 11.5 Å². The first-order chi connectivity index (χ1) is 13.9. The topological polar surface area (TPSA) is 104 Å². The minimum Gasteiger partial charge on any atom is -0.490 e. The maximum absolute atomic E-state index is 13.1. The van der Waals surface area contributed by atoms with E-state index in [-0.39, 0.29) is 37.9 Å². The van der Waals surface area contributed by atoms with Crippen LogP contribution in [0.4, 0.5) is 4.39 Å². The third kappa shape index (κ3) is 5.20. The van der Waals surface area contributed by atoms with Crippen molar-refractivity contribution in [2.75, 3.05) is 33.4 Å². The summed E-state index contributed by atoms with van der Waals surface area (Å²) >= 11 is 0. The van der Waals surface area contributed by atoms with Crippen molar-refractivity contribution in [3.63, 3.8) is 0 Å². The number of ether oxygens (including phenoxy) is 3. The average Bonchev–Trinajstić information content (AvgIpc) is 2.72. The van der Waals surface area contributed by atoms with Crippen molar-refractivity contribution in [3.8, 4) is 11.6 Å². The van der Waals surface area contributed by atoms with E-state index in [0.29, 0.717) is 23.7 Å². The molecule has 0 unspecified atom stereocenters. The summed E-state index contributed by atoms with van der Waals surface area (Å²) in [5.41, 5.74) is 4.70. The zero-order valence-electron chi connectivity index (χ0n) is 16.0. The van der Waals surface area contributed by atoms with Crippen LogP contribution < -0.4 is 15.2 Å². The van der Waals surface area contributed by atoms with Crippen LogP contribution in [0.15, 0.2) is 42.6 Å². The summed E-state index contributed by atoms with van der Waals surface area (Å²) in [6.07, 6.45) is 1.31. The first-order valence-electron chi connectivity index (χ1n) is 9.01. The van der Waals surface area contributed by atoms with Crippen molar-refractivity contribution in [3.05, 3.63) is 54.0 Å². The molecule has 8 nitrogen and oxygen atoms in total. The van der Waals surface area contributed by atoms with Crippen molar-refractivity contribution < 1.29 is 28.2 Å². The van der Waals surface area contributed by atoms with Crippen LogP contribution in [0.25, 0.3) is 0 Å². The van der Waals surface area contributed by atoms with Gasteiger partial charge in [0.05, 0.1) is 32.2 Å². The van der Waals surface area contributed by atoms with Crippen LogP contribution in [0.3, 0.4) is 0 Å². The van der Waals surface area contributed by atoms with Crippen LogP contribution >= 0.6 is 0 Å². The number of nitrogens with zero attached hydrogens (tertiary/aromatic N) is 2. The number of halogens is 1. The van der Waals surface area contributed by atoms with Crippen molar-refractivity contribution in [2.24, 2.45) is 5.73 Å². The Hall–Kier alpha value is -3.20. The second kappa shape index (κ2) is 8.87. The fourth-order valence-corrected chi connectivity index (χ4v) is 3.14. The predicted octanol–water partition coefficient (Wildman–Crippen LogP) is 1.39. The van der Waals surface area contributed by atoms with Gasteiger partial charge in [-0.1, -0.05) is 0 Å². The Bertz CT molecular complexity index is 859. The van der Waals surface area contributed by atoms with Gasteiger partial charge in [-0.05, 0) is 30.3 Å². The zero-order valence-corrected chi connectivity index (χ0v) is 16.0. The van der Waals surface area contributed by atoms with Gasteiger partial charge in [0, 0.05) is 18.8 Å². The number of carbonyl (C=O) groups excluding carboxylic acids is 2. The first-order valence-corrected chi connectivity index (χ1v) is 9.01. The number of carbonyl (C=O) groups is 2. The fraction of sp³-hybridized carbons (Fsp3) is 0.350. The highest BCUT2D eigenvalue weighted by atomic mass is 19.1. The highest BCUT2D eigenvalue weighted by Crippen LogP contribution is 2.25. The van der Waals surface area contributed by atoms with Crippen LogP contribution in [-0.4, -0.2) is 60.7 Å². The molecule has 154 valence electrons. The molecular formula is C20H22FN3O5. The molecular weight excluding hydrogens is 381 g/mol. The van der Waals surface area contributed by atoms with Crippen molar-refractivity contribution in [1.82, 2.24) is 9.88 Å². The van der Waals surface area contributed by atoms with E-state index in [0.717, 1.165) is 0 Å². The molecule has 1 saturated heterocycles. The number of methoxy groups -OCH3 is 1. The van der Waals surface area contributed by atoms with E-state index in [9.17, 15) is 14.0 Å². The van der Waals surface area contributed by atoms with E-state index in [1.807, 2.05) is 0 Å². The van der Waals surface area contributed by atoms with E-state index in [4.69, 9.17) is 19.9 Å². The maximum atomic E-state index is 13.1. The number of primary amides is 1. The Morgan fingerprint density at radius 3 is 2.66 bits per heavy atom. The number of morpholine rings is 1. The van der Waals surface area contributed by atoms with Crippen LogP contribution in [0, 0.1) is 5.82 Å². The standard InChI is InChI=1S/C20H22FN3O5/c1-27-18-7-2-14(11-23-18)19(26)24-8-9-29-20(12-24,10-17(22)25)13-28-16-5-3-15(21)4-6-16/h2-7,11H,8-10,12-13H2,1H3,(H2,22,25)/t20-/m0/s1.